The van der Waals surface area contributed by atoms with Crippen molar-refractivity contribution >= 4 is 17.4 Å². The lowest BCUT2D eigenvalue weighted by molar-refractivity contribution is -0.159. The van der Waals surface area contributed by atoms with Gasteiger partial charge >= 0.3 is 12.1 Å². The third kappa shape index (κ3) is 2.95. The molecule has 0 saturated heterocycles. The van der Waals surface area contributed by atoms with Gasteiger partial charge in [-0.3, -0.25) is 0 Å². The van der Waals surface area contributed by atoms with Crippen molar-refractivity contribution in [2.45, 2.75) is 16.2 Å². The van der Waals surface area contributed by atoms with E-state index in [2.05, 4.69) is 20.0 Å². The quantitative estimate of drug-likeness (QED) is 0.931. The number of anilines is 1. The van der Waals surface area contributed by atoms with Crippen LogP contribution >= 0.6 is 11.8 Å². The van der Waals surface area contributed by atoms with Gasteiger partial charge in [0.25, 0.3) is 0 Å². The van der Waals surface area contributed by atoms with Crippen molar-refractivity contribution in [3.63, 3.8) is 0 Å². The Bertz CT molecular complexity index is 524. The van der Waals surface area contributed by atoms with Crippen LogP contribution in [0.25, 0.3) is 0 Å². The molecular weight excluding hydrogens is 267 g/mol. The maximum atomic E-state index is 12.2. The average molecular weight is 275 g/mol. The van der Waals surface area contributed by atoms with Crippen LogP contribution in [0, 0.1) is 0 Å². The SMILES string of the molecule is CNc1ccc(Sc2noc(C(F)(F)F)n2)cc1. The highest BCUT2D eigenvalue weighted by atomic mass is 32.2. The van der Waals surface area contributed by atoms with Crippen LogP contribution in [0.1, 0.15) is 5.89 Å². The third-order valence-corrected chi connectivity index (χ3v) is 2.86. The fourth-order valence-corrected chi connectivity index (χ4v) is 1.85. The molecule has 0 fully saturated rings. The van der Waals surface area contributed by atoms with Gasteiger partial charge in [0.15, 0.2) is 0 Å². The summed E-state index contributed by atoms with van der Waals surface area (Å²) in [5, 5.41) is 6.13. The molecule has 0 amide bonds. The zero-order valence-corrected chi connectivity index (χ0v) is 9.97. The second-order valence-electron chi connectivity index (χ2n) is 3.26. The van der Waals surface area contributed by atoms with E-state index in [1.165, 1.54) is 0 Å². The van der Waals surface area contributed by atoms with Crippen molar-refractivity contribution in [3.05, 3.63) is 30.2 Å². The minimum atomic E-state index is -4.61. The molecule has 0 spiro atoms. The molecule has 96 valence electrons. The van der Waals surface area contributed by atoms with E-state index in [-0.39, 0.29) is 5.16 Å². The number of nitrogens with zero attached hydrogens (tertiary/aromatic N) is 2. The molecule has 0 saturated carbocycles. The standard InChI is InChI=1S/C10H8F3N3OS/c1-14-6-2-4-7(5-3-6)18-9-15-8(17-16-9)10(11,12)13/h2-5,14H,1H3. The molecule has 4 nitrogen and oxygen atoms in total. The number of halogens is 3. The van der Waals surface area contributed by atoms with Crippen LogP contribution < -0.4 is 5.32 Å². The van der Waals surface area contributed by atoms with Gasteiger partial charge in [-0.2, -0.15) is 18.2 Å². The first-order chi connectivity index (χ1) is 8.49. The number of nitrogens with one attached hydrogen (secondary N) is 1. The molecule has 0 bridgehead atoms. The van der Waals surface area contributed by atoms with Gasteiger partial charge in [-0.15, -0.1) is 0 Å². The van der Waals surface area contributed by atoms with E-state index in [1.54, 1.807) is 31.3 Å². The van der Waals surface area contributed by atoms with Gasteiger partial charge in [0.05, 0.1) is 0 Å². The summed E-state index contributed by atoms with van der Waals surface area (Å²) in [7, 11) is 1.77. The Morgan fingerprint density at radius 2 is 1.89 bits per heavy atom. The molecule has 0 aliphatic rings. The molecule has 1 N–H and O–H groups in total. The molecule has 1 aromatic carbocycles. The Labute approximate surface area is 105 Å². The topological polar surface area (TPSA) is 51.0 Å². The van der Waals surface area contributed by atoms with Crippen molar-refractivity contribution in [2.24, 2.45) is 0 Å². The highest BCUT2D eigenvalue weighted by Gasteiger charge is 2.38. The molecule has 0 unspecified atom stereocenters. The molecule has 8 heteroatoms. The summed E-state index contributed by atoms with van der Waals surface area (Å²) >= 11 is 1.000. The van der Waals surface area contributed by atoms with E-state index in [0.717, 1.165) is 22.3 Å². The number of alkyl halides is 3. The van der Waals surface area contributed by atoms with E-state index in [1.807, 2.05) is 0 Å². The van der Waals surface area contributed by atoms with E-state index < -0.39 is 12.1 Å². The van der Waals surface area contributed by atoms with Crippen LogP contribution in [0.2, 0.25) is 0 Å². The van der Waals surface area contributed by atoms with E-state index in [0.29, 0.717) is 0 Å². The van der Waals surface area contributed by atoms with Crippen LogP contribution in [-0.4, -0.2) is 17.2 Å². The Morgan fingerprint density at radius 3 is 2.39 bits per heavy atom. The average Bonchev–Trinajstić information content (AvgIpc) is 2.78. The largest absolute Gasteiger partial charge is 0.471 e. The summed E-state index contributed by atoms with van der Waals surface area (Å²) in [6, 6.07) is 7.10. The Balaban J connectivity index is 2.11. The van der Waals surface area contributed by atoms with Crippen LogP contribution in [0.3, 0.4) is 0 Å². The lowest BCUT2D eigenvalue weighted by Crippen LogP contribution is -2.04. The van der Waals surface area contributed by atoms with Gasteiger partial charge in [0, 0.05) is 17.6 Å². The lowest BCUT2D eigenvalue weighted by Gasteiger charge is -2.00. The van der Waals surface area contributed by atoms with Crippen molar-refractivity contribution in [2.75, 3.05) is 12.4 Å². The Kier molecular flexibility index (Phi) is 3.46. The predicted octanol–water partition coefficient (Wildman–Crippen LogP) is 3.28. The first-order valence-electron chi connectivity index (χ1n) is 4.85. The van der Waals surface area contributed by atoms with Crippen LogP contribution in [0.4, 0.5) is 18.9 Å². The predicted molar refractivity (Wildman–Crippen MR) is 59.4 cm³/mol. The van der Waals surface area contributed by atoms with Crippen molar-refractivity contribution < 1.29 is 17.7 Å². The number of benzene rings is 1. The molecule has 0 atom stereocenters. The normalized spacial score (nSPS) is 11.6. The van der Waals surface area contributed by atoms with Crippen molar-refractivity contribution in [1.29, 1.82) is 0 Å². The fraction of sp³-hybridized carbons (Fsp3) is 0.200. The molecule has 1 aromatic heterocycles. The number of aromatic nitrogens is 2. The van der Waals surface area contributed by atoms with E-state index >= 15 is 0 Å². The van der Waals surface area contributed by atoms with Crippen LogP contribution in [0.15, 0.2) is 38.8 Å². The van der Waals surface area contributed by atoms with Gasteiger partial charge < -0.3 is 9.84 Å². The van der Waals surface area contributed by atoms with Gasteiger partial charge in [-0.25, -0.2) is 0 Å². The lowest BCUT2D eigenvalue weighted by atomic mass is 10.3. The second-order valence-corrected chi connectivity index (χ2v) is 4.30. The van der Waals surface area contributed by atoms with Crippen molar-refractivity contribution in [3.8, 4) is 0 Å². The molecule has 0 radical (unpaired) electrons. The molecule has 2 aromatic rings. The first kappa shape index (κ1) is 12.7. The molecule has 1 heterocycles. The van der Waals surface area contributed by atoms with Crippen LogP contribution in [-0.2, 0) is 6.18 Å². The molecule has 18 heavy (non-hydrogen) atoms. The minimum Gasteiger partial charge on any atom is -0.388 e. The third-order valence-electron chi connectivity index (χ3n) is 2.00. The maximum absolute atomic E-state index is 12.2. The number of hydrogen-bond donors (Lipinski definition) is 1. The summed E-state index contributed by atoms with van der Waals surface area (Å²) in [5.41, 5.74) is 0.906. The molecule has 0 aliphatic carbocycles. The molecular formula is C10H8F3N3OS. The van der Waals surface area contributed by atoms with Crippen LogP contribution in [0.5, 0.6) is 0 Å². The number of hydrogen-bond acceptors (Lipinski definition) is 5. The Hall–Kier alpha value is -1.70. The zero-order valence-electron chi connectivity index (χ0n) is 9.15. The number of rotatable bonds is 3. The summed E-state index contributed by atoms with van der Waals surface area (Å²) in [6.07, 6.45) is -4.61. The Morgan fingerprint density at radius 1 is 1.22 bits per heavy atom. The first-order valence-corrected chi connectivity index (χ1v) is 5.67. The monoisotopic (exact) mass is 275 g/mol. The van der Waals surface area contributed by atoms with E-state index in [4.69, 9.17) is 0 Å². The molecule has 2 rings (SSSR count). The summed E-state index contributed by atoms with van der Waals surface area (Å²) in [6.45, 7) is 0. The highest BCUT2D eigenvalue weighted by Crippen LogP contribution is 2.31. The zero-order chi connectivity index (χ0) is 13.2. The van der Waals surface area contributed by atoms with Gasteiger partial charge in [-0.05, 0) is 41.2 Å². The second kappa shape index (κ2) is 4.89. The van der Waals surface area contributed by atoms with Gasteiger partial charge in [-0.1, -0.05) is 0 Å². The maximum Gasteiger partial charge on any atom is 0.471 e. The molecule has 0 aliphatic heterocycles. The van der Waals surface area contributed by atoms with Gasteiger partial charge in [0.2, 0.25) is 5.16 Å². The summed E-state index contributed by atoms with van der Waals surface area (Å²) < 4.78 is 40.8. The fourth-order valence-electron chi connectivity index (χ4n) is 1.16. The van der Waals surface area contributed by atoms with Crippen molar-refractivity contribution in [1.82, 2.24) is 10.1 Å². The smallest absolute Gasteiger partial charge is 0.388 e. The van der Waals surface area contributed by atoms with E-state index in [9.17, 15) is 13.2 Å². The highest BCUT2D eigenvalue weighted by molar-refractivity contribution is 7.99. The summed E-state index contributed by atoms with van der Waals surface area (Å²) in [5.74, 6) is -1.34. The summed E-state index contributed by atoms with van der Waals surface area (Å²) in [4.78, 5) is 3.99. The minimum absolute atomic E-state index is 0.0699. The van der Waals surface area contributed by atoms with Gasteiger partial charge in [0.1, 0.15) is 0 Å².